The number of rotatable bonds is 4. The molecule has 0 radical (unpaired) electrons. The molecule has 144 valence electrons. The topological polar surface area (TPSA) is 35.5 Å². The first-order chi connectivity index (χ1) is 12.8. The molecule has 0 aromatic heterocycles. The van der Waals surface area contributed by atoms with E-state index in [0.717, 1.165) is 24.7 Å². The highest BCUT2D eigenvalue weighted by Crippen LogP contribution is 2.46. The van der Waals surface area contributed by atoms with Crippen LogP contribution < -0.4 is 0 Å². The fourth-order valence-corrected chi connectivity index (χ4v) is 3.69. The van der Waals surface area contributed by atoms with Gasteiger partial charge in [0.2, 0.25) is 0 Å². The molecule has 0 spiro atoms. The zero-order chi connectivity index (χ0) is 19.7. The summed E-state index contributed by atoms with van der Waals surface area (Å²) in [6, 6.07) is 14.3. The second-order valence-electron chi connectivity index (χ2n) is 6.75. The molecule has 0 amide bonds. The van der Waals surface area contributed by atoms with E-state index in [-0.39, 0.29) is 11.5 Å². The van der Waals surface area contributed by atoms with Crippen LogP contribution in [0, 0.1) is 0 Å². The Morgan fingerprint density at radius 1 is 0.963 bits per heavy atom. The first-order valence-corrected chi connectivity index (χ1v) is 8.78. The first-order valence-electron chi connectivity index (χ1n) is 8.78. The van der Waals surface area contributed by atoms with Gasteiger partial charge in [-0.2, -0.15) is 13.2 Å². The van der Waals surface area contributed by atoms with Gasteiger partial charge in [0, 0.05) is 12.7 Å². The molecule has 1 aliphatic rings. The molecule has 0 aliphatic heterocycles. The number of alkyl halides is 3. The van der Waals surface area contributed by atoms with E-state index in [9.17, 15) is 18.0 Å². The molecule has 27 heavy (non-hydrogen) atoms. The highest BCUT2D eigenvalue weighted by atomic mass is 19.4. The van der Waals surface area contributed by atoms with Gasteiger partial charge in [0.15, 0.2) is 0 Å². The molecule has 0 N–H and O–H groups in total. The second-order valence-corrected chi connectivity index (χ2v) is 6.75. The maximum absolute atomic E-state index is 14.0. The average Bonchev–Trinajstić information content (AvgIpc) is 2.65. The summed E-state index contributed by atoms with van der Waals surface area (Å²) in [5, 5.41) is 0. The molecule has 3 nitrogen and oxygen atoms in total. The van der Waals surface area contributed by atoms with Gasteiger partial charge < -0.3 is 9.47 Å². The van der Waals surface area contributed by atoms with E-state index < -0.39 is 23.9 Å². The lowest BCUT2D eigenvalue weighted by Crippen LogP contribution is -2.52. The molecule has 3 atom stereocenters. The summed E-state index contributed by atoms with van der Waals surface area (Å²) in [4.78, 5) is 12.8. The number of esters is 1. The SMILES string of the molecule is CO[C@@](C(=O)O[C@H]1CC[C@@H](C)c2ccccc21)(c1ccccc1)C(F)(F)F. The molecule has 0 saturated heterocycles. The number of benzene rings is 2. The van der Waals surface area contributed by atoms with Gasteiger partial charge in [-0.05, 0) is 29.9 Å². The Balaban J connectivity index is 1.99. The molecule has 0 heterocycles. The van der Waals surface area contributed by atoms with Crippen LogP contribution in [0.15, 0.2) is 54.6 Å². The number of methoxy groups -OCH3 is 1. The third-order valence-electron chi connectivity index (χ3n) is 5.16. The molecule has 6 heteroatoms. The summed E-state index contributed by atoms with van der Waals surface area (Å²) in [7, 11) is 0.874. The monoisotopic (exact) mass is 378 g/mol. The molecule has 1 aliphatic carbocycles. The van der Waals surface area contributed by atoms with Gasteiger partial charge in [-0.1, -0.05) is 61.5 Å². The predicted molar refractivity (Wildman–Crippen MR) is 94.1 cm³/mol. The van der Waals surface area contributed by atoms with Crippen LogP contribution in [0.2, 0.25) is 0 Å². The van der Waals surface area contributed by atoms with Crippen LogP contribution >= 0.6 is 0 Å². The lowest BCUT2D eigenvalue weighted by Gasteiger charge is -2.35. The molecule has 3 rings (SSSR count). The van der Waals surface area contributed by atoms with Crippen molar-refractivity contribution in [2.24, 2.45) is 0 Å². The van der Waals surface area contributed by atoms with Crippen molar-refractivity contribution < 1.29 is 27.4 Å². The quantitative estimate of drug-likeness (QED) is 0.680. The Hall–Kier alpha value is -2.34. The Morgan fingerprint density at radius 2 is 1.56 bits per heavy atom. The van der Waals surface area contributed by atoms with Crippen molar-refractivity contribution in [3.63, 3.8) is 0 Å². The van der Waals surface area contributed by atoms with Crippen molar-refractivity contribution in [3.8, 4) is 0 Å². The van der Waals surface area contributed by atoms with E-state index in [2.05, 4.69) is 6.92 Å². The molecule has 0 saturated carbocycles. The number of carbonyl (C=O) groups is 1. The number of fused-ring (bicyclic) bond motifs is 1. The highest BCUT2D eigenvalue weighted by Gasteiger charge is 2.64. The van der Waals surface area contributed by atoms with Gasteiger partial charge in [-0.25, -0.2) is 4.79 Å². The third-order valence-corrected chi connectivity index (χ3v) is 5.16. The number of halogens is 3. The van der Waals surface area contributed by atoms with Gasteiger partial charge in [0.05, 0.1) is 0 Å². The zero-order valence-corrected chi connectivity index (χ0v) is 15.1. The molecule has 2 aromatic carbocycles. The fraction of sp³-hybridized carbons (Fsp3) is 0.381. The van der Waals surface area contributed by atoms with Crippen LogP contribution in [-0.4, -0.2) is 19.3 Å². The van der Waals surface area contributed by atoms with Crippen molar-refractivity contribution in [1.82, 2.24) is 0 Å². The maximum Gasteiger partial charge on any atom is 0.432 e. The van der Waals surface area contributed by atoms with Crippen molar-refractivity contribution in [1.29, 1.82) is 0 Å². The van der Waals surface area contributed by atoms with Crippen molar-refractivity contribution in [2.75, 3.05) is 7.11 Å². The van der Waals surface area contributed by atoms with E-state index in [0.29, 0.717) is 6.42 Å². The Labute approximate surface area is 156 Å². The number of hydrogen-bond acceptors (Lipinski definition) is 3. The molecule has 2 aromatic rings. The van der Waals surface area contributed by atoms with Crippen LogP contribution in [0.25, 0.3) is 0 Å². The van der Waals surface area contributed by atoms with Crippen LogP contribution in [-0.2, 0) is 19.9 Å². The normalized spacial score (nSPS) is 21.8. The minimum atomic E-state index is -4.97. The van der Waals surface area contributed by atoms with E-state index in [1.54, 1.807) is 18.2 Å². The summed E-state index contributed by atoms with van der Waals surface area (Å²) in [6.45, 7) is 2.05. The minimum absolute atomic E-state index is 0.264. The van der Waals surface area contributed by atoms with Crippen molar-refractivity contribution >= 4 is 5.97 Å². The van der Waals surface area contributed by atoms with Gasteiger partial charge in [-0.3, -0.25) is 0 Å². The Bertz CT molecular complexity index is 804. The predicted octanol–water partition coefficient (Wildman–Crippen LogP) is 5.27. The van der Waals surface area contributed by atoms with Gasteiger partial charge >= 0.3 is 12.1 Å². The van der Waals surface area contributed by atoms with Gasteiger partial charge in [0.1, 0.15) is 6.10 Å². The van der Waals surface area contributed by atoms with Crippen LogP contribution in [0.5, 0.6) is 0 Å². The van der Waals surface area contributed by atoms with E-state index >= 15 is 0 Å². The van der Waals surface area contributed by atoms with Gasteiger partial charge in [-0.15, -0.1) is 0 Å². The summed E-state index contributed by atoms with van der Waals surface area (Å²) in [6.07, 6.45) is -4.50. The lowest BCUT2D eigenvalue weighted by atomic mass is 9.82. The molecule has 0 unspecified atom stereocenters. The van der Waals surface area contributed by atoms with Crippen LogP contribution in [0.1, 0.15) is 48.5 Å². The summed E-state index contributed by atoms with van der Waals surface area (Å²) in [5.74, 6) is -1.18. The second kappa shape index (κ2) is 7.35. The molecule has 0 fully saturated rings. The van der Waals surface area contributed by atoms with Crippen LogP contribution in [0.3, 0.4) is 0 Å². The van der Waals surface area contributed by atoms with E-state index in [1.165, 1.54) is 24.3 Å². The maximum atomic E-state index is 14.0. The fourth-order valence-electron chi connectivity index (χ4n) is 3.69. The first kappa shape index (κ1) is 19.4. The molecular weight excluding hydrogens is 357 g/mol. The minimum Gasteiger partial charge on any atom is -0.455 e. The number of carbonyl (C=O) groups excluding carboxylic acids is 1. The summed E-state index contributed by atoms with van der Waals surface area (Å²) in [5.41, 5.74) is -1.71. The average molecular weight is 378 g/mol. The summed E-state index contributed by atoms with van der Waals surface area (Å²) < 4.78 is 52.2. The summed E-state index contributed by atoms with van der Waals surface area (Å²) >= 11 is 0. The van der Waals surface area contributed by atoms with E-state index in [1.807, 2.05) is 12.1 Å². The smallest absolute Gasteiger partial charge is 0.432 e. The molecular formula is C21H21F3O3. The number of ether oxygens (including phenoxy) is 2. The van der Waals surface area contributed by atoms with Crippen LogP contribution in [0.4, 0.5) is 13.2 Å². The highest BCUT2D eigenvalue weighted by molar-refractivity contribution is 5.83. The third kappa shape index (κ3) is 3.34. The zero-order valence-electron chi connectivity index (χ0n) is 15.1. The number of hydrogen-bond donors (Lipinski definition) is 0. The Morgan fingerprint density at radius 3 is 2.15 bits per heavy atom. The van der Waals surface area contributed by atoms with E-state index in [4.69, 9.17) is 9.47 Å². The lowest BCUT2D eigenvalue weighted by molar-refractivity contribution is -0.278. The van der Waals surface area contributed by atoms with Gasteiger partial charge in [0.25, 0.3) is 5.60 Å². The van der Waals surface area contributed by atoms with Crippen molar-refractivity contribution in [3.05, 3.63) is 71.3 Å². The van der Waals surface area contributed by atoms with Crippen molar-refractivity contribution in [2.45, 2.75) is 43.6 Å². The molecule has 0 bridgehead atoms. The standard InChI is InChI=1S/C21H21F3O3/c1-14-12-13-18(17-11-7-6-10-16(14)17)27-19(25)20(26-2,21(22,23)24)15-8-4-3-5-9-15/h3-11,14,18H,12-13H2,1-2H3/t14-,18+,20-/m1/s1. The largest absolute Gasteiger partial charge is 0.455 e. The Kier molecular flexibility index (Phi) is 5.29.